The van der Waals surface area contributed by atoms with Gasteiger partial charge < -0.3 is 23.7 Å². The Labute approximate surface area is 184 Å². The van der Waals surface area contributed by atoms with E-state index in [2.05, 4.69) is 10.5 Å². The molecule has 0 unspecified atom stereocenters. The van der Waals surface area contributed by atoms with Crippen LogP contribution in [-0.4, -0.2) is 37.4 Å². The van der Waals surface area contributed by atoms with E-state index in [4.69, 9.17) is 23.7 Å². The number of nitrogens with one attached hydrogen (secondary N) is 1. The Balaban J connectivity index is 1.64. The molecule has 1 amide bonds. The van der Waals surface area contributed by atoms with Crippen molar-refractivity contribution in [2.75, 3.05) is 14.2 Å². The fourth-order valence-corrected chi connectivity index (χ4v) is 2.81. The summed E-state index contributed by atoms with van der Waals surface area (Å²) in [6.07, 6.45) is 1.47. The van der Waals surface area contributed by atoms with Gasteiger partial charge in [0.2, 0.25) is 5.76 Å². The molecule has 0 aliphatic carbocycles. The minimum absolute atomic E-state index is 0.0333. The van der Waals surface area contributed by atoms with Gasteiger partial charge in [-0.3, -0.25) is 4.79 Å². The van der Waals surface area contributed by atoms with E-state index in [1.165, 1.54) is 32.6 Å². The number of ether oxygens (including phenoxy) is 3. The Morgan fingerprint density at radius 3 is 2.50 bits per heavy atom. The van der Waals surface area contributed by atoms with E-state index in [0.717, 1.165) is 5.56 Å². The number of furan rings is 1. The highest BCUT2D eigenvalue weighted by Crippen LogP contribution is 2.28. The summed E-state index contributed by atoms with van der Waals surface area (Å²) in [5.41, 5.74) is 4.49. The number of carboxylic acid groups (broad SMARTS) is 1. The molecule has 2 N–H and O–H groups in total. The predicted octanol–water partition coefficient (Wildman–Crippen LogP) is 3.65. The molecule has 2 aromatic carbocycles. The quantitative estimate of drug-likeness (QED) is 0.387. The Kier molecular flexibility index (Phi) is 7.12. The first-order chi connectivity index (χ1) is 15.4. The van der Waals surface area contributed by atoms with Crippen LogP contribution in [0.3, 0.4) is 0 Å². The van der Waals surface area contributed by atoms with Crippen molar-refractivity contribution < 1.29 is 33.3 Å². The lowest BCUT2D eigenvalue weighted by atomic mass is 10.1. The van der Waals surface area contributed by atoms with Crippen molar-refractivity contribution in [3.05, 3.63) is 76.7 Å². The Morgan fingerprint density at radius 2 is 1.81 bits per heavy atom. The maximum absolute atomic E-state index is 12.4. The second-order valence-corrected chi connectivity index (χ2v) is 6.67. The second kappa shape index (κ2) is 10.2. The van der Waals surface area contributed by atoms with Crippen molar-refractivity contribution >= 4 is 18.1 Å². The van der Waals surface area contributed by atoms with Crippen LogP contribution in [0.4, 0.5) is 0 Å². The highest BCUT2D eigenvalue weighted by molar-refractivity contribution is 5.97. The molecule has 3 aromatic rings. The van der Waals surface area contributed by atoms with Crippen molar-refractivity contribution in [2.45, 2.75) is 13.5 Å². The van der Waals surface area contributed by atoms with E-state index in [1.54, 1.807) is 30.3 Å². The van der Waals surface area contributed by atoms with Crippen LogP contribution in [0.25, 0.3) is 0 Å². The Hall–Kier alpha value is -4.27. The van der Waals surface area contributed by atoms with Crippen LogP contribution in [0.2, 0.25) is 0 Å². The molecule has 32 heavy (non-hydrogen) atoms. The van der Waals surface area contributed by atoms with E-state index in [-0.39, 0.29) is 12.4 Å². The van der Waals surface area contributed by atoms with Crippen LogP contribution in [0.15, 0.2) is 58.0 Å². The van der Waals surface area contributed by atoms with Gasteiger partial charge in [-0.05, 0) is 60.5 Å². The number of aryl methyl sites for hydroxylation is 1. The molecule has 0 radical (unpaired) electrons. The van der Waals surface area contributed by atoms with Gasteiger partial charge >= 0.3 is 5.97 Å². The summed E-state index contributed by atoms with van der Waals surface area (Å²) in [5, 5.41) is 12.9. The van der Waals surface area contributed by atoms with E-state index in [0.29, 0.717) is 34.1 Å². The normalized spacial score (nSPS) is 10.7. The number of carbonyl (C=O) groups excluding carboxylic acids is 1. The number of aromatic carboxylic acids is 1. The smallest absolute Gasteiger partial charge is 0.371 e. The van der Waals surface area contributed by atoms with Crippen LogP contribution in [-0.2, 0) is 6.61 Å². The van der Waals surface area contributed by atoms with Crippen LogP contribution in [0.1, 0.15) is 37.8 Å². The summed E-state index contributed by atoms with van der Waals surface area (Å²) in [4.78, 5) is 23.3. The number of hydrazone groups is 1. The molecule has 0 aliphatic rings. The molecule has 0 fully saturated rings. The third kappa shape index (κ3) is 5.45. The van der Waals surface area contributed by atoms with Gasteiger partial charge in [-0.2, -0.15) is 5.10 Å². The third-order valence-electron chi connectivity index (χ3n) is 4.41. The molecular weight excluding hydrogens is 416 g/mol. The average molecular weight is 438 g/mol. The van der Waals surface area contributed by atoms with Crippen LogP contribution < -0.4 is 19.6 Å². The van der Waals surface area contributed by atoms with E-state index >= 15 is 0 Å². The van der Waals surface area contributed by atoms with Crippen molar-refractivity contribution in [1.82, 2.24) is 5.43 Å². The Bertz CT molecular complexity index is 1150. The fourth-order valence-electron chi connectivity index (χ4n) is 2.81. The minimum Gasteiger partial charge on any atom is -0.496 e. The number of methoxy groups -OCH3 is 2. The minimum atomic E-state index is -1.15. The molecule has 1 heterocycles. The second-order valence-electron chi connectivity index (χ2n) is 6.67. The first kappa shape index (κ1) is 22.4. The van der Waals surface area contributed by atoms with Crippen molar-refractivity contribution in [2.24, 2.45) is 5.10 Å². The van der Waals surface area contributed by atoms with Crippen molar-refractivity contribution in [3.8, 4) is 17.2 Å². The zero-order valence-electron chi connectivity index (χ0n) is 17.7. The average Bonchev–Trinajstić information content (AvgIpc) is 3.27. The van der Waals surface area contributed by atoms with Gasteiger partial charge in [-0.15, -0.1) is 0 Å². The molecule has 1 aromatic heterocycles. The van der Waals surface area contributed by atoms with Crippen LogP contribution >= 0.6 is 0 Å². The standard InChI is InChI=1S/C23H22N2O7/c1-14-4-7-17(20(10-14)29-2)22(26)25-24-12-15-5-8-18(21(11-15)30-3)31-13-16-6-9-19(32-16)23(27)28/h4-12H,13H2,1-3H3,(H,25,26)(H,27,28). The summed E-state index contributed by atoms with van der Waals surface area (Å²) in [5.74, 6) is -0.00361. The molecule has 0 saturated heterocycles. The maximum atomic E-state index is 12.4. The summed E-state index contributed by atoms with van der Waals surface area (Å²) in [6.45, 7) is 1.94. The summed E-state index contributed by atoms with van der Waals surface area (Å²) >= 11 is 0. The number of rotatable bonds is 9. The SMILES string of the molecule is COc1cc(C=NNC(=O)c2ccc(C)cc2OC)ccc1OCc1ccc(C(=O)O)o1. The van der Waals surface area contributed by atoms with Gasteiger partial charge in [0.05, 0.1) is 26.0 Å². The van der Waals surface area contributed by atoms with Crippen LogP contribution in [0.5, 0.6) is 17.2 Å². The van der Waals surface area contributed by atoms with E-state index < -0.39 is 11.9 Å². The summed E-state index contributed by atoms with van der Waals surface area (Å²) in [6, 6.07) is 13.2. The largest absolute Gasteiger partial charge is 0.496 e. The summed E-state index contributed by atoms with van der Waals surface area (Å²) in [7, 11) is 2.99. The highest BCUT2D eigenvalue weighted by atomic mass is 16.5. The predicted molar refractivity (Wildman–Crippen MR) is 116 cm³/mol. The molecule has 0 saturated carbocycles. The lowest BCUT2D eigenvalue weighted by molar-refractivity contribution is 0.0657. The van der Waals surface area contributed by atoms with Crippen LogP contribution in [0, 0.1) is 6.92 Å². The Morgan fingerprint density at radius 1 is 1.03 bits per heavy atom. The number of nitrogens with zero attached hydrogens (tertiary/aromatic N) is 1. The van der Waals surface area contributed by atoms with E-state index in [9.17, 15) is 9.59 Å². The molecule has 9 heteroatoms. The molecule has 166 valence electrons. The molecule has 0 atom stereocenters. The topological polar surface area (TPSA) is 120 Å². The zero-order chi connectivity index (χ0) is 23.1. The van der Waals surface area contributed by atoms with E-state index in [1.807, 2.05) is 13.0 Å². The number of amides is 1. The number of carbonyl (C=O) groups is 2. The van der Waals surface area contributed by atoms with Crippen molar-refractivity contribution in [3.63, 3.8) is 0 Å². The highest BCUT2D eigenvalue weighted by Gasteiger charge is 2.12. The molecular formula is C23H22N2O7. The van der Waals surface area contributed by atoms with Crippen molar-refractivity contribution in [1.29, 1.82) is 0 Å². The monoisotopic (exact) mass is 438 g/mol. The first-order valence-electron chi connectivity index (χ1n) is 9.52. The van der Waals surface area contributed by atoms with Gasteiger partial charge in [-0.1, -0.05) is 6.07 Å². The van der Waals surface area contributed by atoms with Gasteiger partial charge in [0.15, 0.2) is 11.5 Å². The summed E-state index contributed by atoms with van der Waals surface area (Å²) < 4.78 is 21.4. The van der Waals surface area contributed by atoms with Gasteiger partial charge in [0.1, 0.15) is 18.1 Å². The maximum Gasteiger partial charge on any atom is 0.371 e. The molecule has 0 aliphatic heterocycles. The fraction of sp³-hybridized carbons (Fsp3) is 0.174. The molecule has 0 spiro atoms. The third-order valence-corrected chi connectivity index (χ3v) is 4.41. The number of benzene rings is 2. The first-order valence-corrected chi connectivity index (χ1v) is 9.52. The van der Waals surface area contributed by atoms with Gasteiger partial charge in [0, 0.05) is 0 Å². The number of hydrogen-bond donors (Lipinski definition) is 2. The lowest BCUT2D eigenvalue weighted by Gasteiger charge is -2.10. The van der Waals surface area contributed by atoms with Gasteiger partial charge in [-0.25, -0.2) is 10.2 Å². The number of carboxylic acids is 1. The van der Waals surface area contributed by atoms with Gasteiger partial charge in [0.25, 0.3) is 5.91 Å². The number of hydrogen-bond acceptors (Lipinski definition) is 7. The zero-order valence-corrected chi connectivity index (χ0v) is 17.7. The molecule has 9 nitrogen and oxygen atoms in total. The lowest BCUT2D eigenvalue weighted by Crippen LogP contribution is -2.18. The molecule has 0 bridgehead atoms. The molecule has 3 rings (SSSR count).